The fourth-order valence-electron chi connectivity index (χ4n) is 3.31. The molecule has 0 aliphatic carbocycles. The van der Waals surface area contributed by atoms with E-state index in [0.29, 0.717) is 16.5 Å². The van der Waals surface area contributed by atoms with E-state index < -0.39 is 5.41 Å². The molecular weight excluding hydrogens is 509 g/mol. The van der Waals surface area contributed by atoms with E-state index in [4.69, 9.17) is 21.0 Å². The lowest BCUT2D eigenvalue weighted by molar-refractivity contribution is 0.0830. The molecule has 30 heavy (non-hydrogen) atoms. The van der Waals surface area contributed by atoms with Crippen molar-refractivity contribution < 1.29 is 9.21 Å². The lowest BCUT2D eigenvalue weighted by Crippen LogP contribution is -2.19. The molecule has 0 unspecified atom stereocenters. The zero-order chi connectivity index (χ0) is 21.5. The van der Waals surface area contributed by atoms with Gasteiger partial charge in [-0.05, 0) is 29.3 Å². The minimum Gasteiger partial charge on any atom is -0.435 e. The van der Waals surface area contributed by atoms with Gasteiger partial charge in [-0.3, -0.25) is 4.79 Å². The van der Waals surface area contributed by atoms with E-state index in [0.717, 1.165) is 32.2 Å². The highest BCUT2D eigenvalue weighted by molar-refractivity contribution is 14.1. The molecule has 0 atom stereocenters. The van der Waals surface area contributed by atoms with E-state index in [2.05, 4.69) is 46.9 Å². The molecule has 0 bridgehead atoms. The first-order valence-corrected chi connectivity index (χ1v) is 11.6. The molecule has 2 aromatic carbocycles. The Morgan fingerprint density at radius 1 is 1.03 bits per heavy atom. The topological polar surface area (TPSA) is 43.1 Å². The van der Waals surface area contributed by atoms with E-state index in [1.807, 2.05) is 51.1 Å². The Morgan fingerprint density at radius 2 is 1.73 bits per heavy atom. The number of benzene rings is 2. The van der Waals surface area contributed by atoms with Crippen molar-refractivity contribution in [1.29, 1.82) is 0 Å². The normalized spacial score (nSPS) is 11.8. The summed E-state index contributed by atoms with van der Waals surface area (Å²) in [4.78, 5) is 17.5. The lowest BCUT2D eigenvalue weighted by atomic mass is 9.89. The smallest absolute Gasteiger partial charge is 0.227 e. The Bertz CT molecular complexity index is 1240. The van der Waals surface area contributed by atoms with Gasteiger partial charge in [-0.25, -0.2) is 4.98 Å². The fourth-order valence-corrected chi connectivity index (χ4v) is 4.04. The maximum atomic E-state index is 12.7. The van der Waals surface area contributed by atoms with Gasteiger partial charge >= 0.3 is 0 Å². The molecule has 0 N–H and O–H groups in total. The van der Waals surface area contributed by atoms with Crippen LogP contribution in [0.15, 0.2) is 65.1 Å². The summed E-state index contributed by atoms with van der Waals surface area (Å²) in [5.74, 6) is 0.278. The van der Waals surface area contributed by atoms with Crippen LogP contribution in [0.4, 0.5) is 0 Å². The van der Waals surface area contributed by atoms with Crippen molar-refractivity contribution >= 4 is 51.1 Å². The fraction of sp³-hybridized carbons (Fsp3) is 0.200. The van der Waals surface area contributed by atoms with Crippen molar-refractivity contribution in [3.63, 3.8) is 0 Å². The van der Waals surface area contributed by atoms with Gasteiger partial charge in [0.15, 0.2) is 5.76 Å². The van der Waals surface area contributed by atoms with Gasteiger partial charge in [0.2, 0.25) is 11.5 Å². The number of aromatic nitrogens is 1. The van der Waals surface area contributed by atoms with Crippen molar-refractivity contribution in [2.45, 2.75) is 25.2 Å². The number of ketones is 1. The van der Waals surface area contributed by atoms with E-state index in [-0.39, 0.29) is 5.78 Å². The third-order valence-corrected chi connectivity index (χ3v) is 6.17. The van der Waals surface area contributed by atoms with Gasteiger partial charge in [-0.1, -0.05) is 97.4 Å². The Labute approximate surface area is 194 Å². The first-order valence-electron chi connectivity index (χ1n) is 9.67. The molecule has 4 rings (SSSR count). The molecule has 0 amide bonds. The van der Waals surface area contributed by atoms with Crippen LogP contribution < -0.4 is 0 Å². The number of nitrogens with zero attached hydrogens (tertiary/aromatic N) is 1. The van der Waals surface area contributed by atoms with Crippen molar-refractivity contribution in [2.75, 3.05) is 0 Å². The second-order valence-electron chi connectivity index (χ2n) is 8.28. The van der Waals surface area contributed by atoms with Gasteiger partial charge in [0.1, 0.15) is 0 Å². The summed E-state index contributed by atoms with van der Waals surface area (Å²) in [6.07, 6.45) is 0. The number of hydrogen-bond donors (Lipinski definition) is 0. The average Bonchev–Trinajstić information content (AvgIpc) is 3.15. The molecule has 0 saturated carbocycles. The Morgan fingerprint density at radius 3 is 2.37 bits per heavy atom. The van der Waals surface area contributed by atoms with Crippen LogP contribution in [0.2, 0.25) is 5.02 Å². The molecule has 5 heteroatoms. The molecule has 2 heterocycles. The lowest BCUT2D eigenvalue weighted by Gasteiger charge is -2.13. The van der Waals surface area contributed by atoms with E-state index in [9.17, 15) is 4.79 Å². The standard InChI is InChI=1S/C25H21ClINO2/c1-25(2,3)23(29)21-13-17-12-19(16-10-8-15(14-27)9-11-16)22(28-24(17)30-21)18-6-4-5-7-20(18)26/h4-13H,14H2,1-3H3. The molecule has 0 aliphatic rings. The summed E-state index contributed by atoms with van der Waals surface area (Å²) < 4.78 is 6.83. The number of rotatable bonds is 4. The molecule has 2 aromatic heterocycles. The summed E-state index contributed by atoms with van der Waals surface area (Å²) in [7, 11) is 0. The predicted octanol–water partition coefficient (Wildman–Crippen LogP) is 7.98. The number of pyridine rings is 1. The first-order chi connectivity index (χ1) is 14.3. The van der Waals surface area contributed by atoms with Gasteiger partial charge in [0.25, 0.3) is 0 Å². The molecular formula is C25H21ClINO2. The first kappa shape index (κ1) is 21.1. The summed E-state index contributed by atoms with van der Waals surface area (Å²) in [5, 5.41) is 1.42. The van der Waals surface area contributed by atoms with Crippen molar-refractivity contribution in [3.05, 3.63) is 77.0 Å². The molecule has 0 spiro atoms. The minimum atomic E-state index is -0.530. The number of carbonyl (C=O) groups excluding carboxylic acids is 1. The number of carbonyl (C=O) groups is 1. The summed E-state index contributed by atoms with van der Waals surface area (Å²) in [6, 6.07) is 19.9. The molecule has 4 aromatic rings. The highest BCUT2D eigenvalue weighted by atomic mass is 127. The largest absolute Gasteiger partial charge is 0.435 e. The number of fused-ring (bicyclic) bond motifs is 1. The number of Topliss-reactive ketones (excluding diaryl/α,β-unsaturated/α-hetero) is 1. The third-order valence-electron chi connectivity index (χ3n) is 4.96. The van der Waals surface area contributed by atoms with Gasteiger partial charge in [0, 0.05) is 31.4 Å². The Hall–Kier alpha value is -2.18. The second kappa shape index (κ2) is 8.16. The molecule has 3 nitrogen and oxygen atoms in total. The summed E-state index contributed by atoms with van der Waals surface area (Å²) >= 11 is 8.86. The average molecular weight is 530 g/mol. The number of hydrogen-bond acceptors (Lipinski definition) is 3. The minimum absolute atomic E-state index is 0.0484. The van der Waals surface area contributed by atoms with Crippen LogP contribution in [-0.4, -0.2) is 10.8 Å². The van der Waals surface area contributed by atoms with Crippen LogP contribution in [0.3, 0.4) is 0 Å². The summed E-state index contributed by atoms with van der Waals surface area (Å²) in [6.45, 7) is 5.64. The van der Waals surface area contributed by atoms with E-state index >= 15 is 0 Å². The molecule has 0 radical (unpaired) electrons. The molecule has 0 aliphatic heterocycles. The summed E-state index contributed by atoms with van der Waals surface area (Å²) in [5.41, 5.74) is 4.72. The van der Waals surface area contributed by atoms with Gasteiger partial charge < -0.3 is 4.42 Å². The van der Waals surface area contributed by atoms with Crippen LogP contribution in [0.5, 0.6) is 0 Å². The zero-order valence-electron chi connectivity index (χ0n) is 17.0. The van der Waals surface area contributed by atoms with Gasteiger partial charge in [-0.2, -0.15) is 0 Å². The maximum absolute atomic E-state index is 12.7. The van der Waals surface area contributed by atoms with Crippen molar-refractivity contribution in [3.8, 4) is 22.4 Å². The van der Waals surface area contributed by atoms with E-state index in [1.54, 1.807) is 6.07 Å². The van der Waals surface area contributed by atoms with E-state index in [1.165, 1.54) is 5.56 Å². The molecule has 0 fully saturated rings. The number of furan rings is 1. The highest BCUT2D eigenvalue weighted by Gasteiger charge is 2.27. The quantitative estimate of drug-likeness (QED) is 0.153. The molecule has 152 valence electrons. The maximum Gasteiger partial charge on any atom is 0.227 e. The monoisotopic (exact) mass is 529 g/mol. The van der Waals surface area contributed by atoms with Crippen LogP contribution in [0.1, 0.15) is 36.9 Å². The van der Waals surface area contributed by atoms with Crippen LogP contribution >= 0.6 is 34.2 Å². The van der Waals surface area contributed by atoms with Crippen LogP contribution in [0, 0.1) is 5.41 Å². The number of halogens is 2. The Balaban J connectivity index is 1.96. The van der Waals surface area contributed by atoms with Crippen molar-refractivity contribution in [2.24, 2.45) is 5.41 Å². The number of alkyl halides is 1. The van der Waals surface area contributed by atoms with Crippen LogP contribution in [0.25, 0.3) is 33.5 Å². The third kappa shape index (κ3) is 4.03. The van der Waals surface area contributed by atoms with Gasteiger partial charge in [0.05, 0.1) is 5.69 Å². The van der Waals surface area contributed by atoms with Gasteiger partial charge in [-0.15, -0.1) is 0 Å². The Kier molecular flexibility index (Phi) is 5.73. The van der Waals surface area contributed by atoms with Crippen LogP contribution in [-0.2, 0) is 4.43 Å². The second-order valence-corrected chi connectivity index (χ2v) is 9.45. The zero-order valence-corrected chi connectivity index (χ0v) is 19.9. The highest BCUT2D eigenvalue weighted by Crippen LogP contribution is 2.38. The van der Waals surface area contributed by atoms with Crippen molar-refractivity contribution in [1.82, 2.24) is 4.98 Å². The SMILES string of the molecule is CC(C)(C)C(=O)c1cc2cc(-c3ccc(CI)cc3)c(-c3ccccc3Cl)nc2o1. The molecule has 0 saturated heterocycles. The predicted molar refractivity (Wildman–Crippen MR) is 131 cm³/mol.